The van der Waals surface area contributed by atoms with Crippen LogP contribution < -0.4 is 5.73 Å². The van der Waals surface area contributed by atoms with Gasteiger partial charge in [-0.15, -0.1) is 0 Å². The van der Waals surface area contributed by atoms with E-state index in [0.717, 1.165) is 5.69 Å². The second-order valence-corrected chi connectivity index (χ2v) is 4.75. The van der Waals surface area contributed by atoms with Gasteiger partial charge in [-0.2, -0.15) is 4.99 Å². The summed E-state index contributed by atoms with van der Waals surface area (Å²) in [6.45, 7) is 6.07. The minimum absolute atomic E-state index is 0.0548. The topological polar surface area (TPSA) is 93.7 Å². The number of carbonyl (C=O) groups excluding carboxylic acids is 1. The minimum Gasteiger partial charge on any atom is -0.378 e. The second-order valence-electron chi connectivity index (χ2n) is 4.75. The summed E-state index contributed by atoms with van der Waals surface area (Å²) >= 11 is 0. The highest BCUT2D eigenvalue weighted by Gasteiger charge is 2.13. The summed E-state index contributed by atoms with van der Waals surface area (Å²) in [6, 6.07) is 1.78. The van der Waals surface area contributed by atoms with Gasteiger partial charge >= 0.3 is 0 Å². The molecule has 20 heavy (non-hydrogen) atoms. The van der Waals surface area contributed by atoms with E-state index in [-0.39, 0.29) is 12.2 Å². The zero-order valence-corrected chi connectivity index (χ0v) is 11.8. The van der Waals surface area contributed by atoms with E-state index in [1.807, 2.05) is 11.8 Å². The van der Waals surface area contributed by atoms with E-state index in [0.29, 0.717) is 43.9 Å². The molecule has 0 unspecified atom stereocenters. The number of nitrogens with two attached hydrogens (primary N) is 1. The van der Waals surface area contributed by atoms with Gasteiger partial charge < -0.3 is 15.4 Å². The third kappa shape index (κ3) is 3.99. The molecular formula is C13H19N5O2. The van der Waals surface area contributed by atoms with Crippen molar-refractivity contribution in [3.63, 3.8) is 0 Å². The minimum atomic E-state index is 0.0548. The summed E-state index contributed by atoms with van der Waals surface area (Å²) in [5, 5.41) is 0. The normalized spacial score (nSPS) is 16.3. The molecule has 1 aromatic rings. The fourth-order valence-corrected chi connectivity index (χ4v) is 1.98. The third-order valence-corrected chi connectivity index (χ3v) is 2.88. The summed E-state index contributed by atoms with van der Waals surface area (Å²) in [6.07, 6.45) is 0.281. The molecule has 1 fully saturated rings. The van der Waals surface area contributed by atoms with Crippen LogP contribution in [0.1, 0.15) is 18.3 Å². The molecule has 0 aliphatic carbocycles. The molecule has 0 amide bonds. The number of rotatable bonds is 3. The Balaban J connectivity index is 2.18. The van der Waals surface area contributed by atoms with Gasteiger partial charge in [-0.25, -0.2) is 9.97 Å². The van der Waals surface area contributed by atoms with Crippen LogP contribution in [0.15, 0.2) is 11.1 Å². The number of Topliss-reactive ketones (excluding diaryl/α,β-unsaturated/α-hetero) is 1. The average molecular weight is 277 g/mol. The Labute approximate surface area is 117 Å². The van der Waals surface area contributed by atoms with Crippen LogP contribution in [0.25, 0.3) is 0 Å². The van der Waals surface area contributed by atoms with Crippen molar-refractivity contribution in [1.82, 2.24) is 14.9 Å². The van der Waals surface area contributed by atoms with Crippen molar-refractivity contribution >= 4 is 17.7 Å². The van der Waals surface area contributed by atoms with Gasteiger partial charge in [0.05, 0.1) is 18.9 Å². The molecule has 108 valence electrons. The Morgan fingerprint density at radius 2 is 2.15 bits per heavy atom. The molecular weight excluding hydrogens is 258 g/mol. The highest BCUT2D eigenvalue weighted by molar-refractivity contribution is 5.80. The molecule has 2 rings (SSSR count). The van der Waals surface area contributed by atoms with E-state index < -0.39 is 0 Å². The molecule has 1 aromatic heterocycles. The molecule has 1 saturated heterocycles. The fourth-order valence-electron chi connectivity index (χ4n) is 1.98. The number of ketones is 1. The van der Waals surface area contributed by atoms with Crippen LogP contribution in [0.2, 0.25) is 0 Å². The lowest BCUT2D eigenvalue weighted by Crippen LogP contribution is -2.44. The zero-order chi connectivity index (χ0) is 14.5. The van der Waals surface area contributed by atoms with Gasteiger partial charge in [0.25, 0.3) is 5.95 Å². The summed E-state index contributed by atoms with van der Waals surface area (Å²) in [4.78, 5) is 25.8. The number of hydrogen-bond donors (Lipinski definition) is 1. The Morgan fingerprint density at radius 3 is 2.80 bits per heavy atom. The van der Waals surface area contributed by atoms with Crippen LogP contribution in [0.5, 0.6) is 0 Å². The first-order chi connectivity index (χ1) is 9.54. The highest BCUT2D eigenvalue weighted by atomic mass is 16.5. The molecule has 0 bridgehead atoms. The Morgan fingerprint density at radius 1 is 1.45 bits per heavy atom. The summed E-state index contributed by atoms with van der Waals surface area (Å²) in [7, 11) is 0. The van der Waals surface area contributed by atoms with Gasteiger partial charge in [0.1, 0.15) is 5.78 Å². The molecule has 0 spiro atoms. The lowest BCUT2D eigenvalue weighted by Gasteiger charge is -2.27. The van der Waals surface area contributed by atoms with Gasteiger partial charge in [-0.05, 0) is 19.9 Å². The standard InChI is InChI=1S/C13H19N5O2/c1-9-7-11(8-10(2)19)16-13(15-9)17-12(14)18-3-5-20-6-4-18/h7H,3-6,8H2,1-2H3,(H2,14,15,16,17). The number of guanidine groups is 1. The van der Waals surface area contributed by atoms with E-state index in [1.54, 1.807) is 6.07 Å². The molecule has 1 aliphatic rings. The van der Waals surface area contributed by atoms with Crippen molar-refractivity contribution in [2.75, 3.05) is 26.3 Å². The second kappa shape index (κ2) is 6.42. The zero-order valence-electron chi connectivity index (χ0n) is 11.8. The maximum atomic E-state index is 11.2. The van der Waals surface area contributed by atoms with Crippen molar-refractivity contribution in [3.05, 3.63) is 17.5 Å². The molecule has 0 aromatic carbocycles. The van der Waals surface area contributed by atoms with Gasteiger partial charge in [0.2, 0.25) is 0 Å². The van der Waals surface area contributed by atoms with E-state index in [9.17, 15) is 4.79 Å². The number of aromatic nitrogens is 2. The number of ether oxygens (including phenoxy) is 1. The first kappa shape index (κ1) is 14.4. The van der Waals surface area contributed by atoms with Crippen molar-refractivity contribution in [3.8, 4) is 0 Å². The number of carbonyl (C=O) groups is 1. The molecule has 7 nitrogen and oxygen atoms in total. The van der Waals surface area contributed by atoms with Gasteiger partial charge in [-0.3, -0.25) is 4.79 Å². The number of nitrogens with zero attached hydrogens (tertiary/aromatic N) is 4. The maximum Gasteiger partial charge on any atom is 0.253 e. The third-order valence-electron chi connectivity index (χ3n) is 2.88. The van der Waals surface area contributed by atoms with Crippen molar-refractivity contribution in [2.24, 2.45) is 10.7 Å². The van der Waals surface area contributed by atoms with E-state index in [4.69, 9.17) is 10.5 Å². The van der Waals surface area contributed by atoms with Crippen LogP contribution in [0.4, 0.5) is 5.95 Å². The monoisotopic (exact) mass is 277 g/mol. The number of hydrogen-bond acceptors (Lipinski definition) is 5. The average Bonchev–Trinajstić information content (AvgIpc) is 2.38. The molecule has 7 heteroatoms. The molecule has 2 heterocycles. The molecule has 2 N–H and O–H groups in total. The Hall–Kier alpha value is -2.02. The first-order valence-corrected chi connectivity index (χ1v) is 6.55. The van der Waals surface area contributed by atoms with E-state index in [2.05, 4.69) is 15.0 Å². The summed E-state index contributed by atoms with van der Waals surface area (Å²) in [5.41, 5.74) is 7.39. The quantitative estimate of drug-likeness (QED) is 0.626. The van der Waals surface area contributed by atoms with Crippen LogP contribution >= 0.6 is 0 Å². The summed E-state index contributed by atoms with van der Waals surface area (Å²) in [5.74, 6) is 0.733. The number of aryl methyl sites for hydroxylation is 1. The number of morpholine rings is 1. The highest BCUT2D eigenvalue weighted by Crippen LogP contribution is 2.10. The van der Waals surface area contributed by atoms with Crippen LogP contribution in [0, 0.1) is 6.92 Å². The van der Waals surface area contributed by atoms with E-state index in [1.165, 1.54) is 6.92 Å². The van der Waals surface area contributed by atoms with Crippen LogP contribution in [0.3, 0.4) is 0 Å². The van der Waals surface area contributed by atoms with E-state index >= 15 is 0 Å². The molecule has 0 radical (unpaired) electrons. The van der Waals surface area contributed by atoms with Crippen LogP contribution in [-0.2, 0) is 16.0 Å². The largest absolute Gasteiger partial charge is 0.378 e. The lowest BCUT2D eigenvalue weighted by atomic mass is 10.2. The fraction of sp³-hybridized carbons (Fsp3) is 0.538. The van der Waals surface area contributed by atoms with Gasteiger partial charge in [0.15, 0.2) is 5.96 Å². The molecule has 0 atom stereocenters. The van der Waals surface area contributed by atoms with Crippen molar-refractivity contribution in [2.45, 2.75) is 20.3 Å². The molecule has 0 saturated carbocycles. The van der Waals surface area contributed by atoms with Gasteiger partial charge in [0, 0.05) is 25.2 Å². The predicted octanol–water partition coefficient (Wildman–Crippen LogP) is 0.195. The molecule has 1 aliphatic heterocycles. The smallest absolute Gasteiger partial charge is 0.253 e. The Bertz CT molecular complexity index is 523. The SMILES string of the molecule is CC(=O)Cc1cc(C)nc(N=C(N)N2CCOCC2)n1. The summed E-state index contributed by atoms with van der Waals surface area (Å²) < 4.78 is 5.26. The van der Waals surface area contributed by atoms with Crippen molar-refractivity contribution in [1.29, 1.82) is 0 Å². The maximum absolute atomic E-state index is 11.2. The Kier molecular flexibility index (Phi) is 4.62. The van der Waals surface area contributed by atoms with Crippen LogP contribution in [-0.4, -0.2) is 52.9 Å². The predicted molar refractivity (Wildman–Crippen MR) is 74.8 cm³/mol. The number of aliphatic imine (C=N–C) groups is 1. The lowest BCUT2D eigenvalue weighted by molar-refractivity contribution is -0.116. The van der Waals surface area contributed by atoms with Gasteiger partial charge in [-0.1, -0.05) is 0 Å². The first-order valence-electron chi connectivity index (χ1n) is 6.55. The van der Waals surface area contributed by atoms with Crippen molar-refractivity contribution < 1.29 is 9.53 Å².